The van der Waals surface area contributed by atoms with Gasteiger partial charge in [0.15, 0.2) is 0 Å². The molecule has 0 bridgehead atoms. The van der Waals surface area contributed by atoms with Crippen molar-refractivity contribution in [2.24, 2.45) is 0 Å². The molecule has 100 valence electrons. The third-order valence-electron chi connectivity index (χ3n) is 3.69. The van der Waals surface area contributed by atoms with Gasteiger partial charge in [-0.2, -0.15) is 11.8 Å². The van der Waals surface area contributed by atoms with Crippen molar-refractivity contribution >= 4 is 23.4 Å². The first-order valence-electron chi connectivity index (χ1n) is 6.34. The summed E-state index contributed by atoms with van der Waals surface area (Å²) in [5, 5.41) is 4.31. The van der Waals surface area contributed by atoms with Gasteiger partial charge in [-0.1, -0.05) is 23.7 Å². The molecule has 0 saturated carbocycles. The maximum absolute atomic E-state index is 6.24. The van der Waals surface area contributed by atoms with Gasteiger partial charge in [0, 0.05) is 35.2 Å². The van der Waals surface area contributed by atoms with E-state index in [9.17, 15) is 0 Å². The topological polar surface area (TPSA) is 15.3 Å². The molecule has 1 aliphatic heterocycles. The van der Waals surface area contributed by atoms with Gasteiger partial charge in [0.1, 0.15) is 0 Å². The van der Waals surface area contributed by atoms with Crippen LogP contribution in [-0.4, -0.2) is 43.1 Å². The van der Waals surface area contributed by atoms with Gasteiger partial charge < -0.3 is 5.32 Å². The lowest BCUT2D eigenvalue weighted by Gasteiger charge is -2.38. The Kier molecular flexibility index (Phi) is 4.96. The Bertz CT molecular complexity index is 411. The summed E-state index contributed by atoms with van der Waals surface area (Å²) in [7, 11) is 4.25. The summed E-state index contributed by atoms with van der Waals surface area (Å²) in [6, 6.07) is 7.28. The van der Waals surface area contributed by atoms with Crippen LogP contribution in [0.25, 0.3) is 0 Å². The predicted molar refractivity (Wildman–Crippen MR) is 81.7 cm³/mol. The highest BCUT2D eigenvalue weighted by Gasteiger charge is 2.28. The van der Waals surface area contributed by atoms with E-state index in [1.807, 2.05) is 25.7 Å². The van der Waals surface area contributed by atoms with Crippen LogP contribution in [0.4, 0.5) is 0 Å². The standard InChI is InChI=1S/C14H21ClN2S/c1-10-4-5-11(8-12(10)15)14(16-2)13-9-18-7-6-17(13)3/h4-5,8,13-14,16H,6-7,9H2,1-3H3. The molecule has 2 unspecified atom stereocenters. The normalized spacial score (nSPS) is 23.0. The molecule has 18 heavy (non-hydrogen) atoms. The number of benzene rings is 1. The van der Waals surface area contributed by atoms with Gasteiger partial charge in [-0.15, -0.1) is 0 Å². The van der Waals surface area contributed by atoms with Crippen LogP contribution in [-0.2, 0) is 0 Å². The minimum atomic E-state index is 0.348. The molecule has 1 N–H and O–H groups in total. The third kappa shape index (κ3) is 3.02. The second-order valence-corrected chi connectivity index (χ2v) is 6.45. The highest BCUT2D eigenvalue weighted by atomic mass is 35.5. The molecule has 0 amide bonds. The second kappa shape index (κ2) is 6.29. The number of halogens is 1. The smallest absolute Gasteiger partial charge is 0.0484 e. The number of likely N-dealkylation sites (N-methyl/N-ethyl adjacent to an activating group) is 2. The summed E-state index contributed by atoms with van der Waals surface area (Å²) in [5.74, 6) is 2.41. The van der Waals surface area contributed by atoms with Gasteiger partial charge in [-0.3, -0.25) is 4.90 Å². The van der Waals surface area contributed by atoms with Crippen molar-refractivity contribution in [2.75, 3.05) is 32.1 Å². The molecule has 2 rings (SSSR count). The molecule has 0 spiro atoms. The van der Waals surface area contributed by atoms with E-state index in [1.165, 1.54) is 17.1 Å². The zero-order chi connectivity index (χ0) is 13.1. The largest absolute Gasteiger partial charge is 0.312 e. The molecule has 1 aromatic rings. The molecule has 1 aliphatic rings. The second-order valence-electron chi connectivity index (χ2n) is 4.90. The zero-order valence-corrected chi connectivity index (χ0v) is 12.8. The quantitative estimate of drug-likeness (QED) is 0.919. The van der Waals surface area contributed by atoms with Crippen molar-refractivity contribution in [3.63, 3.8) is 0 Å². The van der Waals surface area contributed by atoms with Gasteiger partial charge >= 0.3 is 0 Å². The van der Waals surface area contributed by atoms with E-state index >= 15 is 0 Å². The minimum Gasteiger partial charge on any atom is -0.312 e. The highest BCUT2D eigenvalue weighted by Crippen LogP contribution is 2.29. The van der Waals surface area contributed by atoms with Crippen LogP contribution in [0.15, 0.2) is 18.2 Å². The van der Waals surface area contributed by atoms with Gasteiger partial charge in [0.05, 0.1) is 0 Å². The van der Waals surface area contributed by atoms with Crippen molar-refractivity contribution in [2.45, 2.75) is 19.0 Å². The SMILES string of the molecule is CNC(c1ccc(C)c(Cl)c1)C1CSCCN1C. The molecule has 1 heterocycles. The Balaban J connectivity index is 2.23. The molecule has 4 heteroatoms. The Morgan fingerprint density at radius 1 is 1.50 bits per heavy atom. The molecule has 0 radical (unpaired) electrons. The number of nitrogens with zero attached hydrogens (tertiary/aromatic N) is 1. The van der Waals surface area contributed by atoms with E-state index in [4.69, 9.17) is 11.6 Å². The molecule has 1 saturated heterocycles. The van der Waals surface area contributed by atoms with Crippen LogP contribution < -0.4 is 5.32 Å². The molecule has 1 fully saturated rings. The van der Waals surface area contributed by atoms with Crippen molar-refractivity contribution in [1.82, 2.24) is 10.2 Å². The number of hydrogen-bond acceptors (Lipinski definition) is 3. The average Bonchev–Trinajstić information content (AvgIpc) is 2.37. The first-order chi connectivity index (χ1) is 8.63. The fourth-order valence-electron chi connectivity index (χ4n) is 2.44. The lowest BCUT2D eigenvalue weighted by molar-refractivity contribution is 0.221. The van der Waals surface area contributed by atoms with Gasteiger partial charge in [0.25, 0.3) is 0 Å². The summed E-state index contributed by atoms with van der Waals surface area (Å²) in [4.78, 5) is 2.45. The van der Waals surface area contributed by atoms with Crippen molar-refractivity contribution in [3.05, 3.63) is 34.3 Å². The Morgan fingerprint density at radius 2 is 2.28 bits per heavy atom. The number of aryl methyl sites for hydroxylation is 1. The first-order valence-corrected chi connectivity index (χ1v) is 7.88. The molecule has 2 nitrogen and oxygen atoms in total. The van der Waals surface area contributed by atoms with Crippen LogP contribution in [0.5, 0.6) is 0 Å². The van der Waals surface area contributed by atoms with E-state index in [-0.39, 0.29) is 0 Å². The predicted octanol–water partition coefficient (Wildman–Crippen LogP) is 2.96. The van der Waals surface area contributed by atoms with Gasteiger partial charge in [-0.25, -0.2) is 0 Å². The van der Waals surface area contributed by atoms with Crippen LogP contribution in [0.2, 0.25) is 5.02 Å². The lowest BCUT2D eigenvalue weighted by Crippen LogP contribution is -2.47. The van der Waals surface area contributed by atoms with E-state index in [1.54, 1.807) is 0 Å². The summed E-state index contributed by atoms with van der Waals surface area (Å²) in [5.41, 5.74) is 2.43. The number of thioether (sulfide) groups is 1. The van der Waals surface area contributed by atoms with E-state index in [0.717, 1.165) is 17.1 Å². The molecule has 0 aromatic heterocycles. The van der Waals surface area contributed by atoms with E-state index in [2.05, 4.69) is 35.5 Å². The van der Waals surface area contributed by atoms with Gasteiger partial charge in [0.2, 0.25) is 0 Å². The number of nitrogens with one attached hydrogen (secondary N) is 1. The van der Waals surface area contributed by atoms with Crippen LogP contribution in [0.3, 0.4) is 0 Å². The zero-order valence-electron chi connectivity index (χ0n) is 11.2. The molecule has 0 aliphatic carbocycles. The van der Waals surface area contributed by atoms with Crippen molar-refractivity contribution in [3.8, 4) is 0 Å². The summed E-state index contributed by atoms with van der Waals surface area (Å²) < 4.78 is 0. The maximum atomic E-state index is 6.24. The molecule has 2 atom stereocenters. The molecule has 1 aromatic carbocycles. The molecular weight excluding hydrogens is 264 g/mol. The summed E-state index contributed by atoms with van der Waals surface area (Å²) in [6.07, 6.45) is 0. The van der Waals surface area contributed by atoms with E-state index in [0.29, 0.717) is 12.1 Å². The summed E-state index contributed by atoms with van der Waals surface area (Å²) >= 11 is 8.28. The maximum Gasteiger partial charge on any atom is 0.0484 e. The Morgan fingerprint density at radius 3 is 2.89 bits per heavy atom. The van der Waals surface area contributed by atoms with Crippen LogP contribution in [0.1, 0.15) is 17.2 Å². The molecular formula is C14H21ClN2S. The number of rotatable bonds is 3. The first kappa shape index (κ1) is 14.2. The van der Waals surface area contributed by atoms with Gasteiger partial charge in [-0.05, 0) is 38.2 Å². The van der Waals surface area contributed by atoms with Crippen LogP contribution in [0, 0.1) is 6.92 Å². The van der Waals surface area contributed by atoms with E-state index < -0.39 is 0 Å². The summed E-state index contributed by atoms with van der Waals surface area (Å²) in [6.45, 7) is 3.20. The monoisotopic (exact) mass is 284 g/mol. The Labute approximate surface area is 119 Å². The van der Waals surface area contributed by atoms with Crippen molar-refractivity contribution in [1.29, 1.82) is 0 Å². The fraction of sp³-hybridized carbons (Fsp3) is 0.571. The minimum absolute atomic E-state index is 0.348. The van der Waals surface area contributed by atoms with Crippen molar-refractivity contribution < 1.29 is 0 Å². The van der Waals surface area contributed by atoms with Crippen LogP contribution >= 0.6 is 23.4 Å². The third-order valence-corrected chi connectivity index (χ3v) is 5.15. The Hall–Kier alpha value is -0.220. The lowest BCUT2D eigenvalue weighted by atomic mass is 9.98. The number of hydrogen-bond donors (Lipinski definition) is 1. The average molecular weight is 285 g/mol. The fourth-order valence-corrected chi connectivity index (χ4v) is 3.90. The highest BCUT2D eigenvalue weighted by molar-refractivity contribution is 7.99.